The Hall–Kier alpha value is -2.86. The Morgan fingerprint density at radius 2 is 1.21 bits per heavy atom. The Balaban J connectivity index is 0. The van der Waals surface area contributed by atoms with Gasteiger partial charge >= 0.3 is 0 Å². The van der Waals surface area contributed by atoms with Gasteiger partial charge in [0.25, 0.3) is 0 Å². The van der Waals surface area contributed by atoms with Crippen LogP contribution in [0.25, 0.3) is 15.7 Å². The summed E-state index contributed by atoms with van der Waals surface area (Å²) in [5.41, 5.74) is 9.91. The van der Waals surface area contributed by atoms with Gasteiger partial charge in [-0.3, -0.25) is 4.98 Å². The molecule has 3 nitrogen and oxygen atoms in total. The molecular weight excluding hydrogens is 402 g/mol. The Morgan fingerprint density at radius 3 is 1.73 bits per heavy atom. The third-order valence-corrected chi connectivity index (χ3v) is 4.68. The van der Waals surface area contributed by atoms with Crippen molar-refractivity contribution >= 4 is 28.0 Å². The first-order valence-corrected chi connectivity index (χ1v) is 11.0. The lowest BCUT2D eigenvalue weighted by Gasteiger charge is -2.16. The molecule has 0 spiro atoms. The molecule has 1 aromatic heterocycles. The van der Waals surface area contributed by atoms with Gasteiger partial charge < -0.3 is 5.32 Å². The van der Waals surface area contributed by atoms with Crippen LogP contribution in [0.5, 0.6) is 0 Å². The minimum atomic E-state index is 0. The average molecular weight is 450 g/mol. The number of hydrogen-bond donors (Lipinski definition) is 1. The van der Waals surface area contributed by atoms with E-state index in [2.05, 4.69) is 102 Å². The molecule has 0 aliphatic carbocycles. The highest BCUT2D eigenvalue weighted by molar-refractivity contribution is 6.00. The van der Waals surface area contributed by atoms with Crippen molar-refractivity contribution in [3.05, 3.63) is 69.7 Å². The maximum atomic E-state index is 7.50. The topological polar surface area (TPSA) is 29.3 Å². The third-order valence-electron chi connectivity index (χ3n) is 4.68. The Morgan fingerprint density at radius 1 is 0.758 bits per heavy atom. The van der Waals surface area contributed by atoms with Gasteiger partial charge in [0.2, 0.25) is 5.69 Å². The number of nitrogens with zero attached hydrogens (tertiary/aromatic N) is 2. The molecule has 0 saturated carbocycles. The summed E-state index contributed by atoms with van der Waals surface area (Å²) in [5.74, 6) is 0. The number of pyridine rings is 1. The van der Waals surface area contributed by atoms with Crippen LogP contribution in [0.2, 0.25) is 0 Å². The van der Waals surface area contributed by atoms with Crippen LogP contribution in [0.15, 0.2) is 30.5 Å². The van der Waals surface area contributed by atoms with Crippen molar-refractivity contribution in [1.82, 2.24) is 4.98 Å². The largest absolute Gasteiger partial charge is 0.364 e. The summed E-state index contributed by atoms with van der Waals surface area (Å²) in [6, 6.07) is 8.52. The van der Waals surface area contributed by atoms with Crippen LogP contribution in [-0.2, 0) is 0 Å². The number of fused-ring (bicyclic) bond motifs is 1. The van der Waals surface area contributed by atoms with Crippen molar-refractivity contribution in [2.45, 2.75) is 91.0 Å². The highest BCUT2D eigenvalue weighted by Gasteiger charge is 2.12. The van der Waals surface area contributed by atoms with Crippen molar-refractivity contribution in [2.75, 3.05) is 5.32 Å². The second-order valence-corrected chi connectivity index (χ2v) is 9.46. The summed E-state index contributed by atoms with van der Waals surface area (Å²) < 4.78 is 0. The molecule has 0 radical (unpaired) electrons. The number of aromatic nitrogens is 1. The lowest BCUT2D eigenvalue weighted by atomic mass is 10.0. The first-order valence-electron chi connectivity index (χ1n) is 11.0. The van der Waals surface area contributed by atoms with Gasteiger partial charge in [-0.1, -0.05) is 62.5 Å². The smallest absolute Gasteiger partial charge is 0.228 e. The zero-order chi connectivity index (χ0) is 23.9. The number of benzene rings is 2. The summed E-state index contributed by atoms with van der Waals surface area (Å²) in [7, 11) is 0. The lowest BCUT2D eigenvalue weighted by Crippen LogP contribution is -1.98. The number of anilines is 2. The summed E-state index contributed by atoms with van der Waals surface area (Å²) >= 11 is 0. The fourth-order valence-electron chi connectivity index (χ4n) is 2.89. The van der Waals surface area contributed by atoms with E-state index < -0.39 is 0 Å². The molecule has 1 heterocycles. The van der Waals surface area contributed by atoms with Crippen LogP contribution in [0.3, 0.4) is 0 Å². The predicted octanol–water partition coefficient (Wildman–Crippen LogP) is 10.4. The van der Waals surface area contributed by atoms with E-state index in [9.17, 15) is 0 Å². The quantitative estimate of drug-likeness (QED) is 0.394. The standard InChI is InChI=1S/C21H21N3.C5H12.C2H6.2CH4/c1-12-7-16(5)18(9-14(12)3)24-21-17-8-13(2)15(4)10-19(17)23-11-20(21)22-6;1-5(2,3)4;1-2;;/h7-11H,1-5H3,(H,23,24);1-4H3;1-2H3;2*1H4. The molecule has 0 saturated heterocycles. The molecule has 2 aromatic carbocycles. The van der Waals surface area contributed by atoms with Gasteiger partial charge in [0.1, 0.15) is 0 Å². The minimum absolute atomic E-state index is 0. The molecule has 0 aliphatic heterocycles. The predicted molar refractivity (Wildman–Crippen MR) is 151 cm³/mol. The maximum absolute atomic E-state index is 7.50. The molecule has 3 heteroatoms. The van der Waals surface area contributed by atoms with Gasteiger partial charge in [0.05, 0.1) is 17.8 Å². The fraction of sp³-hybridized carbons (Fsp3) is 0.467. The van der Waals surface area contributed by atoms with Gasteiger partial charge in [-0.2, -0.15) is 0 Å². The highest BCUT2D eigenvalue weighted by atomic mass is 14.9. The molecular formula is C30H47N3. The summed E-state index contributed by atoms with van der Waals surface area (Å²) in [5, 5.41) is 4.49. The zero-order valence-corrected chi connectivity index (χ0v) is 21.3. The number of aryl methyl sites for hydroxylation is 5. The molecule has 0 bridgehead atoms. The number of rotatable bonds is 2. The van der Waals surface area contributed by atoms with E-state index in [0.717, 1.165) is 22.3 Å². The molecule has 182 valence electrons. The van der Waals surface area contributed by atoms with E-state index >= 15 is 0 Å². The highest BCUT2D eigenvalue weighted by Crippen LogP contribution is 2.36. The Kier molecular flexibility index (Phi) is 13.4. The summed E-state index contributed by atoms with van der Waals surface area (Å²) in [6.07, 6.45) is 1.66. The zero-order valence-electron chi connectivity index (χ0n) is 21.3. The number of hydrogen-bond acceptors (Lipinski definition) is 2. The van der Waals surface area contributed by atoms with Crippen LogP contribution in [0.1, 0.15) is 84.2 Å². The van der Waals surface area contributed by atoms with Crippen molar-refractivity contribution in [2.24, 2.45) is 5.41 Å². The molecule has 0 amide bonds. The Labute approximate surface area is 204 Å². The van der Waals surface area contributed by atoms with E-state index in [1.54, 1.807) is 6.20 Å². The van der Waals surface area contributed by atoms with Crippen LogP contribution in [0.4, 0.5) is 17.1 Å². The van der Waals surface area contributed by atoms with Gasteiger partial charge in [0, 0.05) is 17.3 Å². The SMILES string of the molecule is C.C.CC.CC(C)(C)C.[C-]#[N+]c1cnc2cc(C)c(C)cc2c1Nc1cc(C)c(C)cc1C. The van der Waals surface area contributed by atoms with E-state index in [4.69, 9.17) is 6.57 Å². The van der Waals surface area contributed by atoms with E-state index in [0.29, 0.717) is 11.1 Å². The van der Waals surface area contributed by atoms with E-state index in [1.807, 2.05) is 13.8 Å². The second kappa shape index (κ2) is 13.6. The fourth-order valence-corrected chi connectivity index (χ4v) is 2.89. The van der Waals surface area contributed by atoms with E-state index in [-0.39, 0.29) is 14.9 Å². The lowest BCUT2D eigenvalue weighted by molar-refractivity contribution is 0.469. The molecule has 1 N–H and O–H groups in total. The maximum Gasteiger partial charge on any atom is 0.228 e. The molecule has 3 rings (SSSR count). The molecule has 3 aromatic rings. The molecule has 0 atom stereocenters. The van der Waals surface area contributed by atoms with Gasteiger partial charge in [-0.05, 0) is 86.1 Å². The molecule has 0 unspecified atom stereocenters. The monoisotopic (exact) mass is 449 g/mol. The van der Waals surface area contributed by atoms with Crippen molar-refractivity contribution in [3.63, 3.8) is 0 Å². The van der Waals surface area contributed by atoms with Gasteiger partial charge in [-0.15, -0.1) is 0 Å². The third kappa shape index (κ3) is 9.26. The van der Waals surface area contributed by atoms with Crippen LogP contribution >= 0.6 is 0 Å². The van der Waals surface area contributed by atoms with Gasteiger partial charge in [-0.25, -0.2) is 4.85 Å². The summed E-state index contributed by atoms with van der Waals surface area (Å²) in [6.45, 7) is 30.7. The summed E-state index contributed by atoms with van der Waals surface area (Å²) in [4.78, 5) is 8.12. The number of nitrogens with one attached hydrogen (secondary N) is 1. The van der Waals surface area contributed by atoms with Crippen LogP contribution < -0.4 is 5.32 Å². The normalized spacial score (nSPS) is 9.76. The van der Waals surface area contributed by atoms with Crippen LogP contribution in [0, 0.1) is 46.6 Å². The van der Waals surface area contributed by atoms with Gasteiger partial charge in [0.15, 0.2) is 0 Å². The molecule has 0 aliphatic rings. The van der Waals surface area contributed by atoms with Crippen LogP contribution in [-0.4, -0.2) is 4.98 Å². The van der Waals surface area contributed by atoms with E-state index in [1.165, 1.54) is 27.8 Å². The first kappa shape index (κ1) is 32.3. The van der Waals surface area contributed by atoms with Crippen molar-refractivity contribution in [3.8, 4) is 0 Å². The Bertz CT molecular complexity index is 1070. The minimum Gasteiger partial charge on any atom is -0.364 e. The average Bonchev–Trinajstić information content (AvgIpc) is 2.68. The molecule has 0 fully saturated rings. The molecule has 33 heavy (non-hydrogen) atoms. The van der Waals surface area contributed by atoms with Crippen molar-refractivity contribution in [1.29, 1.82) is 0 Å². The second-order valence-electron chi connectivity index (χ2n) is 9.46. The van der Waals surface area contributed by atoms with Crippen molar-refractivity contribution < 1.29 is 0 Å². The first-order chi connectivity index (χ1) is 14.4.